The maximum Gasteiger partial charge on any atom is 0.328 e. The van der Waals surface area contributed by atoms with Crippen LogP contribution >= 0.6 is 0 Å². The number of rotatable bonds is 8. The fourth-order valence-electron chi connectivity index (χ4n) is 4.44. The van der Waals surface area contributed by atoms with Crippen LogP contribution in [-0.4, -0.2) is 96.0 Å². The molecule has 0 aliphatic carbocycles. The molecule has 13 heteroatoms. The summed E-state index contributed by atoms with van der Waals surface area (Å²) >= 11 is 0. The summed E-state index contributed by atoms with van der Waals surface area (Å²) in [7, 11) is 0. The molecule has 0 spiro atoms. The first-order chi connectivity index (χ1) is 17.6. The van der Waals surface area contributed by atoms with E-state index in [1.165, 1.54) is 6.92 Å². The van der Waals surface area contributed by atoms with Crippen LogP contribution in [0.5, 0.6) is 0 Å². The first kappa shape index (κ1) is 29.5. The van der Waals surface area contributed by atoms with E-state index < -0.39 is 77.9 Å². The summed E-state index contributed by atoms with van der Waals surface area (Å²) in [6.45, 7) is 9.92. The minimum absolute atomic E-state index is 0.352. The van der Waals surface area contributed by atoms with Crippen molar-refractivity contribution in [1.29, 1.82) is 0 Å². The van der Waals surface area contributed by atoms with Crippen molar-refractivity contribution in [2.45, 2.75) is 103 Å². The second-order valence-corrected chi connectivity index (χ2v) is 10.4. The number of ether oxygens (including phenoxy) is 7. The smallest absolute Gasteiger partial charge is 0.328 e. The van der Waals surface area contributed by atoms with Gasteiger partial charge in [-0.1, -0.05) is 6.08 Å². The fourth-order valence-corrected chi connectivity index (χ4v) is 4.44. The van der Waals surface area contributed by atoms with Gasteiger partial charge in [0.05, 0.1) is 0 Å². The van der Waals surface area contributed by atoms with Crippen LogP contribution in [0, 0.1) is 0 Å². The number of fused-ring (bicyclic) bond motifs is 1. The van der Waals surface area contributed by atoms with Gasteiger partial charge in [-0.2, -0.15) is 0 Å². The number of hydrogen-bond donors (Lipinski definition) is 0. The summed E-state index contributed by atoms with van der Waals surface area (Å²) in [5, 5.41) is 0. The average molecular weight is 542 g/mol. The zero-order valence-corrected chi connectivity index (χ0v) is 22.6. The first-order valence-corrected chi connectivity index (χ1v) is 12.3. The number of carbonyl (C=O) groups is 5. The molecular weight excluding hydrogens is 506 g/mol. The van der Waals surface area contributed by atoms with Gasteiger partial charge in [-0.25, -0.2) is 4.79 Å². The number of hydrogen-bond acceptors (Lipinski definition) is 13. The highest BCUT2D eigenvalue weighted by atomic mass is 16.7. The van der Waals surface area contributed by atoms with Gasteiger partial charge in [-0.15, -0.1) is 0 Å². The predicted molar refractivity (Wildman–Crippen MR) is 126 cm³/mol. The molecule has 0 radical (unpaired) electrons. The lowest BCUT2D eigenvalue weighted by Gasteiger charge is -2.45. The van der Waals surface area contributed by atoms with Gasteiger partial charge in [-0.05, 0) is 33.3 Å². The van der Waals surface area contributed by atoms with Crippen LogP contribution in [0.3, 0.4) is 0 Å². The van der Waals surface area contributed by atoms with Crippen molar-refractivity contribution < 1.29 is 57.1 Å². The molecule has 3 rings (SSSR count). The van der Waals surface area contributed by atoms with Crippen molar-refractivity contribution >= 4 is 29.8 Å². The Bertz CT molecular complexity index is 987. The quantitative estimate of drug-likeness (QED) is 0.184. The lowest BCUT2D eigenvalue weighted by atomic mass is 9.98. The number of esters is 5. The first-order valence-electron chi connectivity index (χ1n) is 12.3. The molecule has 212 valence electrons. The van der Waals surface area contributed by atoms with Crippen molar-refractivity contribution in [2.75, 3.05) is 13.2 Å². The molecule has 3 aliphatic heterocycles. The Balaban J connectivity index is 1.90. The Kier molecular flexibility index (Phi) is 8.84. The van der Waals surface area contributed by atoms with Gasteiger partial charge in [0.25, 0.3) is 0 Å². The lowest BCUT2D eigenvalue weighted by Crippen LogP contribution is -2.63. The SMILES string of the molecule is CC(=O)OC[C@H]1O[C@@H](O[C@H]2C=CC[C@@]3(C(=O)OC(C)(C)C)CN23)[C@H](OC(C)=O)[C@@H](OC(C)=O)[C@@H]1OC(C)=O. The zero-order chi connectivity index (χ0) is 28.4. The van der Waals surface area contributed by atoms with Crippen molar-refractivity contribution in [1.82, 2.24) is 4.90 Å². The summed E-state index contributed by atoms with van der Waals surface area (Å²) in [6, 6.07) is 0. The van der Waals surface area contributed by atoms with Gasteiger partial charge < -0.3 is 33.2 Å². The topological polar surface area (TPSA) is 153 Å². The molecule has 0 amide bonds. The molecular formula is C25H35NO12. The normalized spacial score (nSPS) is 33.8. The van der Waals surface area contributed by atoms with E-state index in [-0.39, 0.29) is 6.61 Å². The van der Waals surface area contributed by atoms with Crippen LogP contribution < -0.4 is 0 Å². The van der Waals surface area contributed by atoms with Crippen molar-refractivity contribution in [2.24, 2.45) is 0 Å². The Hall–Kier alpha value is -3.03. The zero-order valence-electron chi connectivity index (χ0n) is 22.6. The maximum absolute atomic E-state index is 12.9. The molecule has 0 bridgehead atoms. The lowest BCUT2D eigenvalue weighted by molar-refractivity contribution is -0.320. The molecule has 3 aliphatic rings. The summed E-state index contributed by atoms with van der Waals surface area (Å²) in [5.74, 6) is -3.24. The second-order valence-electron chi connectivity index (χ2n) is 10.4. The molecule has 1 unspecified atom stereocenters. The van der Waals surface area contributed by atoms with Crippen LogP contribution in [0.15, 0.2) is 12.2 Å². The van der Waals surface area contributed by atoms with E-state index in [2.05, 4.69) is 0 Å². The molecule has 2 saturated heterocycles. The Morgan fingerprint density at radius 3 is 2.03 bits per heavy atom. The molecule has 2 fully saturated rings. The van der Waals surface area contributed by atoms with Gasteiger partial charge >= 0.3 is 29.8 Å². The summed E-state index contributed by atoms with van der Waals surface area (Å²) < 4.78 is 39.1. The van der Waals surface area contributed by atoms with Gasteiger partial charge in [0.1, 0.15) is 30.1 Å². The van der Waals surface area contributed by atoms with E-state index in [0.717, 1.165) is 20.8 Å². The fraction of sp³-hybridized carbons (Fsp3) is 0.720. The number of carbonyl (C=O) groups excluding carboxylic acids is 5. The molecule has 38 heavy (non-hydrogen) atoms. The molecule has 13 nitrogen and oxygen atoms in total. The Morgan fingerprint density at radius 1 is 0.895 bits per heavy atom. The van der Waals surface area contributed by atoms with E-state index in [9.17, 15) is 24.0 Å². The van der Waals surface area contributed by atoms with E-state index >= 15 is 0 Å². The predicted octanol–water partition coefficient (Wildman–Crippen LogP) is 0.768. The molecule has 0 aromatic carbocycles. The largest absolute Gasteiger partial charge is 0.463 e. The molecule has 8 atom stereocenters. The highest BCUT2D eigenvalue weighted by molar-refractivity contribution is 5.85. The molecule has 0 saturated carbocycles. The third-order valence-corrected chi connectivity index (χ3v) is 5.94. The monoisotopic (exact) mass is 541 g/mol. The highest BCUT2D eigenvalue weighted by Crippen LogP contribution is 2.45. The second kappa shape index (κ2) is 11.4. The van der Waals surface area contributed by atoms with Crippen LogP contribution in [-0.2, 0) is 57.1 Å². The van der Waals surface area contributed by atoms with Crippen molar-refractivity contribution in [3.63, 3.8) is 0 Å². The van der Waals surface area contributed by atoms with Gasteiger partial charge in [0.2, 0.25) is 6.29 Å². The van der Waals surface area contributed by atoms with Gasteiger partial charge in [0.15, 0.2) is 18.3 Å². The molecule has 0 N–H and O–H groups in total. The highest BCUT2D eigenvalue weighted by Gasteiger charge is 2.64. The standard InChI is InChI=1S/C25H35NO12/c1-13(27)32-11-17-19(33-14(2)28)20(34-15(3)29)21(35-16(4)30)22(36-17)37-18-9-8-10-25(12-26(18)25)23(31)38-24(5,6)7/h8-9,17-22H,10-12H2,1-7H3/t17-,18+,19-,20+,21-,22+,25+,26?/m1/s1. The van der Waals surface area contributed by atoms with Crippen molar-refractivity contribution in [3.8, 4) is 0 Å². The molecule has 0 aromatic heterocycles. The molecule has 3 heterocycles. The van der Waals surface area contributed by atoms with Crippen molar-refractivity contribution in [3.05, 3.63) is 12.2 Å². The van der Waals surface area contributed by atoms with Gasteiger partial charge in [-0.3, -0.25) is 24.1 Å². The third-order valence-electron chi connectivity index (χ3n) is 5.94. The summed E-state index contributed by atoms with van der Waals surface area (Å²) in [4.78, 5) is 62.1. The Labute approximate surface area is 220 Å². The maximum atomic E-state index is 12.9. The third kappa shape index (κ3) is 7.08. The van der Waals surface area contributed by atoms with Crippen LogP contribution in [0.2, 0.25) is 0 Å². The minimum Gasteiger partial charge on any atom is -0.463 e. The summed E-state index contributed by atoms with van der Waals surface area (Å²) in [5.41, 5.74) is -1.59. The van der Waals surface area contributed by atoms with Gasteiger partial charge in [0, 0.05) is 34.2 Å². The van der Waals surface area contributed by atoms with E-state index in [1.807, 2.05) is 0 Å². The minimum atomic E-state index is -1.36. The Morgan fingerprint density at radius 2 is 1.47 bits per heavy atom. The van der Waals surface area contributed by atoms with Crippen LogP contribution in [0.1, 0.15) is 54.9 Å². The van der Waals surface area contributed by atoms with Crippen LogP contribution in [0.25, 0.3) is 0 Å². The summed E-state index contributed by atoms with van der Waals surface area (Å²) in [6.07, 6.45) is -3.38. The van der Waals surface area contributed by atoms with Crippen LogP contribution in [0.4, 0.5) is 0 Å². The van der Waals surface area contributed by atoms with E-state index in [4.69, 9.17) is 33.2 Å². The molecule has 0 aromatic rings. The number of nitrogens with zero attached hydrogens (tertiary/aromatic N) is 1. The van der Waals surface area contributed by atoms with E-state index in [0.29, 0.717) is 13.0 Å². The average Bonchev–Trinajstić information content (AvgIpc) is 3.52. The van der Waals surface area contributed by atoms with E-state index in [1.54, 1.807) is 37.8 Å².